The van der Waals surface area contributed by atoms with E-state index in [1.165, 1.54) is 32.4 Å². The van der Waals surface area contributed by atoms with Gasteiger partial charge in [-0.3, -0.25) is 4.79 Å². The van der Waals surface area contributed by atoms with E-state index >= 15 is 0 Å². The van der Waals surface area contributed by atoms with Gasteiger partial charge in [0.25, 0.3) is 0 Å². The van der Waals surface area contributed by atoms with Crippen molar-refractivity contribution in [2.45, 2.75) is 0 Å². The van der Waals surface area contributed by atoms with Gasteiger partial charge in [0.15, 0.2) is 11.3 Å². The van der Waals surface area contributed by atoms with Gasteiger partial charge in [0, 0.05) is 11.1 Å². The molecular weight excluding hydrogens is 482 g/mol. The van der Waals surface area contributed by atoms with Crippen LogP contribution in [0.25, 0.3) is 0 Å². The largest absolute Gasteiger partial charge is 0.496 e. The number of hydrogen-bond acceptors (Lipinski definition) is 5. The maximum atomic E-state index is 13.2. The highest BCUT2D eigenvalue weighted by Gasteiger charge is 2.42. The van der Waals surface area contributed by atoms with Crippen LogP contribution in [0.2, 0.25) is 15.1 Å². The lowest BCUT2D eigenvalue weighted by atomic mass is 10.0. The van der Waals surface area contributed by atoms with Crippen molar-refractivity contribution in [2.75, 3.05) is 14.2 Å². The molecule has 0 fully saturated rings. The fraction of sp³-hybridized carbons (Fsp3) is 0.0909. The molecule has 1 unspecified atom stereocenters. The SMILES string of the molecule is COc1cccc(OC)c1C(=O)[P+](=O)c1c(Cl)cc(C(=O)c2ccccc2)c(Cl)c1Cl. The highest BCUT2D eigenvalue weighted by Crippen LogP contribution is 2.42. The molecular formula is C22H15Cl3O5P+. The van der Waals surface area contributed by atoms with Crippen molar-refractivity contribution >= 4 is 59.2 Å². The Morgan fingerprint density at radius 1 is 0.839 bits per heavy atom. The van der Waals surface area contributed by atoms with Gasteiger partial charge < -0.3 is 9.47 Å². The van der Waals surface area contributed by atoms with Crippen molar-refractivity contribution in [1.29, 1.82) is 0 Å². The third kappa shape index (κ3) is 4.46. The smallest absolute Gasteiger partial charge is 0.462 e. The van der Waals surface area contributed by atoms with Crippen molar-refractivity contribution in [1.82, 2.24) is 0 Å². The van der Waals surface area contributed by atoms with Crippen LogP contribution in [0, 0.1) is 0 Å². The first-order valence-corrected chi connectivity index (χ1v) is 11.2. The Hall–Kier alpha value is -2.43. The van der Waals surface area contributed by atoms with Crippen LogP contribution >= 0.6 is 42.6 Å². The summed E-state index contributed by atoms with van der Waals surface area (Å²) in [6, 6.07) is 14.4. The molecule has 0 aliphatic heterocycles. The van der Waals surface area contributed by atoms with Crippen LogP contribution in [0.4, 0.5) is 0 Å². The predicted molar refractivity (Wildman–Crippen MR) is 122 cm³/mol. The van der Waals surface area contributed by atoms with Crippen LogP contribution in [0.1, 0.15) is 26.3 Å². The number of rotatable bonds is 7. The van der Waals surface area contributed by atoms with E-state index in [1.54, 1.807) is 36.4 Å². The number of halogens is 3. The lowest BCUT2D eigenvalue weighted by Crippen LogP contribution is -2.13. The average Bonchev–Trinajstić information content (AvgIpc) is 2.80. The number of ether oxygens (including phenoxy) is 2. The lowest BCUT2D eigenvalue weighted by molar-refractivity contribution is 0.103. The van der Waals surface area contributed by atoms with Gasteiger partial charge in [0.1, 0.15) is 16.5 Å². The normalized spacial score (nSPS) is 11.1. The Labute approximate surface area is 194 Å². The fourth-order valence-electron chi connectivity index (χ4n) is 2.95. The van der Waals surface area contributed by atoms with E-state index in [0.29, 0.717) is 5.56 Å². The van der Waals surface area contributed by atoms with Crippen molar-refractivity contribution in [3.8, 4) is 11.5 Å². The zero-order chi connectivity index (χ0) is 22.7. The average molecular weight is 497 g/mol. The number of carbonyl (C=O) groups is 2. The molecule has 3 aromatic carbocycles. The molecule has 0 saturated carbocycles. The van der Waals surface area contributed by atoms with E-state index < -0.39 is 19.1 Å². The van der Waals surface area contributed by atoms with E-state index in [2.05, 4.69) is 0 Å². The third-order valence-corrected chi connectivity index (χ3v) is 7.34. The molecule has 0 spiro atoms. The van der Waals surface area contributed by atoms with Crippen molar-refractivity contribution in [3.05, 3.63) is 86.4 Å². The highest BCUT2D eigenvalue weighted by molar-refractivity contribution is 7.72. The predicted octanol–water partition coefficient (Wildman–Crippen LogP) is 6.19. The van der Waals surface area contributed by atoms with Crippen molar-refractivity contribution in [2.24, 2.45) is 0 Å². The second-order valence-electron chi connectivity index (χ2n) is 6.21. The summed E-state index contributed by atoms with van der Waals surface area (Å²) in [5.74, 6) is -0.0438. The molecule has 0 heterocycles. The zero-order valence-electron chi connectivity index (χ0n) is 16.3. The molecule has 0 aromatic heterocycles. The standard InChI is InChI=1S/C22H15Cl3O5P/c1-29-15-9-6-10-16(30-2)17(15)22(27)31(28)21-14(23)11-13(18(24)19(21)25)20(26)12-7-4-3-5-8-12/h3-11H,1-2H3/q+1. The summed E-state index contributed by atoms with van der Waals surface area (Å²) in [7, 11) is -0.0604. The van der Waals surface area contributed by atoms with E-state index in [0.717, 1.165) is 0 Å². The molecule has 0 aliphatic carbocycles. The lowest BCUT2D eigenvalue weighted by Gasteiger charge is -2.09. The van der Waals surface area contributed by atoms with E-state index in [-0.39, 0.29) is 43.0 Å². The fourth-order valence-corrected chi connectivity index (χ4v) is 5.34. The topological polar surface area (TPSA) is 69.7 Å². The third-order valence-electron chi connectivity index (χ3n) is 4.44. The number of hydrogen-bond donors (Lipinski definition) is 0. The molecule has 3 rings (SSSR count). The summed E-state index contributed by atoms with van der Waals surface area (Å²) >= 11 is 19.0. The minimum atomic E-state index is -2.81. The van der Waals surface area contributed by atoms with Crippen LogP contribution in [0.5, 0.6) is 11.5 Å². The van der Waals surface area contributed by atoms with Crippen LogP contribution in [-0.4, -0.2) is 25.5 Å². The molecule has 0 bridgehead atoms. The molecule has 5 nitrogen and oxygen atoms in total. The first kappa shape index (κ1) is 23.2. The van der Waals surface area contributed by atoms with Crippen LogP contribution in [0.3, 0.4) is 0 Å². The molecule has 0 radical (unpaired) electrons. The quantitative estimate of drug-likeness (QED) is 0.222. The summed E-state index contributed by atoms with van der Waals surface area (Å²) < 4.78 is 23.6. The number of ketones is 1. The Bertz CT molecular complexity index is 1170. The van der Waals surface area contributed by atoms with Crippen LogP contribution in [0.15, 0.2) is 54.6 Å². The van der Waals surface area contributed by atoms with Gasteiger partial charge >= 0.3 is 13.3 Å². The van der Waals surface area contributed by atoms with Gasteiger partial charge in [-0.15, -0.1) is 0 Å². The number of carbonyl (C=O) groups excluding carboxylic acids is 2. The number of methoxy groups -OCH3 is 2. The summed E-state index contributed by atoms with van der Waals surface area (Å²) in [6.07, 6.45) is 0. The summed E-state index contributed by atoms with van der Waals surface area (Å²) in [5.41, 5.74) is -0.395. The van der Waals surface area contributed by atoms with Crippen LogP contribution < -0.4 is 14.8 Å². The first-order valence-electron chi connectivity index (χ1n) is 8.81. The zero-order valence-corrected chi connectivity index (χ0v) is 19.5. The van der Waals surface area contributed by atoms with Gasteiger partial charge in [0.05, 0.1) is 24.3 Å². The van der Waals surface area contributed by atoms with Gasteiger partial charge in [0.2, 0.25) is 5.30 Å². The van der Waals surface area contributed by atoms with Gasteiger partial charge in [-0.2, -0.15) is 0 Å². The molecule has 0 aliphatic rings. The van der Waals surface area contributed by atoms with E-state index in [9.17, 15) is 14.2 Å². The van der Waals surface area contributed by atoms with Gasteiger partial charge in [-0.25, -0.2) is 4.79 Å². The van der Waals surface area contributed by atoms with E-state index in [4.69, 9.17) is 44.3 Å². The van der Waals surface area contributed by atoms with E-state index in [1.807, 2.05) is 0 Å². The Morgan fingerprint density at radius 2 is 1.42 bits per heavy atom. The Kier molecular flexibility index (Phi) is 7.34. The second kappa shape index (κ2) is 9.80. The number of benzene rings is 3. The molecule has 0 N–H and O–H groups in total. The minimum absolute atomic E-state index is 0.0127. The van der Waals surface area contributed by atoms with Gasteiger partial charge in [-0.05, 0) is 18.2 Å². The molecule has 0 saturated heterocycles. The summed E-state index contributed by atoms with van der Waals surface area (Å²) in [6.45, 7) is 0. The maximum Gasteiger partial charge on any atom is 0.462 e. The summed E-state index contributed by atoms with van der Waals surface area (Å²) in [4.78, 5) is 25.9. The maximum absolute atomic E-state index is 13.2. The van der Waals surface area contributed by atoms with Crippen molar-refractivity contribution < 1.29 is 23.6 Å². The van der Waals surface area contributed by atoms with Crippen molar-refractivity contribution in [3.63, 3.8) is 0 Å². The molecule has 3 aromatic rings. The molecule has 9 heteroatoms. The molecule has 1 atom stereocenters. The monoisotopic (exact) mass is 495 g/mol. The molecule has 31 heavy (non-hydrogen) atoms. The molecule has 0 amide bonds. The second-order valence-corrected chi connectivity index (χ2v) is 8.82. The minimum Gasteiger partial charge on any atom is -0.496 e. The molecule has 158 valence electrons. The Balaban J connectivity index is 2.09. The van der Waals surface area contributed by atoms with Crippen LogP contribution in [-0.2, 0) is 4.57 Å². The van der Waals surface area contributed by atoms with Gasteiger partial charge in [-0.1, -0.05) is 75.8 Å². The highest BCUT2D eigenvalue weighted by atomic mass is 35.5. The first-order chi connectivity index (χ1) is 14.8. The Morgan fingerprint density at radius 3 is 1.97 bits per heavy atom. The summed E-state index contributed by atoms with van der Waals surface area (Å²) in [5, 5.41) is -0.641.